The molecular formula is C24H38. The van der Waals surface area contributed by atoms with E-state index < -0.39 is 0 Å². The van der Waals surface area contributed by atoms with Gasteiger partial charge in [-0.3, -0.25) is 0 Å². The summed E-state index contributed by atoms with van der Waals surface area (Å²) in [5.74, 6) is 1.29. The molecule has 0 saturated heterocycles. The van der Waals surface area contributed by atoms with Crippen molar-refractivity contribution in [2.24, 2.45) is 11.8 Å². The van der Waals surface area contributed by atoms with Crippen molar-refractivity contribution in [1.82, 2.24) is 0 Å². The lowest BCUT2D eigenvalue weighted by atomic mass is 9.91. The molecule has 0 aliphatic heterocycles. The first-order chi connectivity index (χ1) is 11.3. The molecule has 0 rings (SSSR count). The van der Waals surface area contributed by atoms with Crippen molar-refractivity contribution in [2.75, 3.05) is 0 Å². The van der Waals surface area contributed by atoms with Gasteiger partial charge in [0.25, 0.3) is 0 Å². The zero-order valence-corrected chi connectivity index (χ0v) is 16.7. The molecule has 0 N–H and O–H groups in total. The smallest absolute Gasteiger partial charge is 0.0196 e. The third-order valence-corrected chi connectivity index (χ3v) is 4.09. The Morgan fingerprint density at radius 3 is 1.79 bits per heavy atom. The molecule has 0 nitrogen and oxygen atoms in total. The predicted molar refractivity (Wildman–Crippen MR) is 114 cm³/mol. The van der Waals surface area contributed by atoms with Crippen LogP contribution in [-0.2, 0) is 0 Å². The molecule has 0 aliphatic carbocycles. The Bertz CT molecular complexity index is 482. The molecule has 2 unspecified atom stereocenters. The highest BCUT2D eigenvalue weighted by molar-refractivity contribution is 5.46. The van der Waals surface area contributed by atoms with Crippen LogP contribution in [0.4, 0.5) is 0 Å². The van der Waals surface area contributed by atoms with E-state index in [1.165, 1.54) is 19.3 Å². The molecule has 24 heavy (non-hydrogen) atoms. The standard InChI is InChI=1S/C22H32.C2H6/c1-9-17(3)11-13-19(5)21(7)15-16-22(8)20(6)14-12-18(4)10-2;1-2/h9,11,13,15-16,18,20H,1,3,5,7-8,10,12,14H2,2,4,6H3;1-2H3/b13-11-,16-15-;. The van der Waals surface area contributed by atoms with E-state index in [4.69, 9.17) is 0 Å². The van der Waals surface area contributed by atoms with Gasteiger partial charge in [0.2, 0.25) is 0 Å². The monoisotopic (exact) mass is 326 g/mol. The number of rotatable bonds is 11. The van der Waals surface area contributed by atoms with Gasteiger partial charge in [-0.2, -0.15) is 0 Å². The van der Waals surface area contributed by atoms with Crippen LogP contribution in [0, 0.1) is 11.8 Å². The zero-order chi connectivity index (χ0) is 19.1. The molecule has 0 heterocycles. The Hall–Kier alpha value is -1.82. The molecule has 0 heteroatoms. The molecular weight excluding hydrogens is 288 g/mol. The molecule has 0 aromatic rings. The summed E-state index contributed by atoms with van der Waals surface area (Å²) >= 11 is 0. The molecule has 0 radical (unpaired) electrons. The molecule has 0 amide bonds. The number of hydrogen-bond acceptors (Lipinski definition) is 0. The summed E-state index contributed by atoms with van der Waals surface area (Å²) in [5.41, 5.74) is 3.78. The number of hydrogen-bond donors (Lipinski definition) is 0. The molecule has 0 bridgehead atoms. The lowest BCUT2D eigenvalue weighted by Gasteiger charge is -2.14. The van der Waals surface area contributed by atoms with E-state index in [1.807, 2.05) is 32.1 Å². The fourth-order valence-electron chi connectivity index (χ4n) is 1.79. The van der Waals surface area contributed by atoms with Crippen LogP contribution >= 0.6 is 0 Å². The molecule has 0 saturated carbocycles. The van der Waals surface area contributed by atoms with Crippen molar-refractivity contribution in [1.29, 1.82) is 0 Å². The van der Waals surface area contributed by atoms with Crippen LogP contribution < -0.4 is 0 Å². The van der Waals surface area contributed by atoms with E-state index in [0.29, 0.717) is 5.92 Å². The summed E-state index contributed by atoms with van der Waals surface area (Å²) < 4.78 is 0. The van der Waals surface area contributed by atoms with Crippen LogP contribution in [0.1, 0.15) is 53.9 Å². The van der Waals surface area contributed by atoms with Crippen LogP contribution in [0.5, 0.6) is 0 Å². The predicted octanol–water partition coefficient (Wildman–Crippen LogP) is 8.00. The van der Waals surface area contributed by atoms with Crippen LogP contribution in [-0.4, -0.2) is 0 Å². The minimum absolute atomic E-state index is 0.502. The van der Waals surface area contributed by atoms with E-state index in [1.54, 1.807) is 6.08 Å². The van der Waals surface area contributed by atoms with Gasteiger partial charge in [0.05, 0.1) is 0 Å². The van der Waals surface area contributed by atoms with E-state index in [-0.39, 0.29) is 0 Å². The maximum absolute atomic E-state index is 4.17. The molecule has 0 spiro atoms. The van der Waals surface area contributed by atoms with Gasteiger partial charge in [-0.05, 0) is 35.0 Å². The van der Waals surface area contributed by atoms with Crippen LogP contribution in [0.2, 0.25) is 0 Å². The van der Waals surface area contributed by atoms with E-state index in [9.17, 15) is 0 Å². The normalized spacial score (nSPS) is 13.0. The van der Waals surface area contributed by atoms with Crippen molar-refractivity contribution < 1.29 is 0 Å². The van der Waals surface area contributed by atoms with Crippen LogP contribution in [0.3, 0.4) is 0 Å². The van der Waals surface area contributed by atoms with Crippen LogP contribution in [0.25, 0.3) is 0 Å². The Balaban J connectivity index is 0. The second-order valence-electron chi connectivity index (χ2n) is 6.06. The quantitative estimate of drug-likeness (QED) is 0.337. The van der Waals surface area contributed by atoms with Gasteiger partial charge in [-0.15, -0.1) is 0 Å². The lowest BCUT2D eigenvalue weighted by Crippen LogP contribution is -2.00. The maximum atomic E-state index is 4.17. The average molecular weight is 327 g/mol. The second kappa shape index (κ2) is 14.8. The van der Waals surface area contributed by atoms with E-state index in [0.717, 1.165) is 28.2 Å². The van der Waals surface area contributed by atoms with Crippen LogP contribution in [0.15, 0.2) is 85.6 Å². The molecule has 0 aliphatic rings. The summed E-state index contributed by atoms with van der Waals surface area (Å²) in [7, 11) is 0. The first-order valence-corrected chi connectivity index (χ1v) is 9.06. The summed E-state index contributed by atoms with van der Waals surface area (Å²) in [6.45, 7) is 30.5. The topological polar surface area (TPSA) is 0 Å². The summed E-state index contributed by atoms with van der Waals surface area (Å²) in [6.07, 6.45) is 13.2. The first-order valence-electron chi connectivity index (χ1n) is 9.06. The second-order valence-corrected chi connectivity index (χ2v) is 6.06. The molecule has 0 aromatic heterocycles. The highest BCUT2D eigenvalue weighted by Crippen LogP contribution is 2.21. The van der Waals surface area contributed by atoms with E-state index >= 15 is 0 Å². The Labute approximate surface area is 151 Å². The fraction of sp³-hybridized carbons (Fsp3) is 0.417. The van der Waals surface area contributed by atoms with Gasteiger partial charge in [0.1, 0.15) is 0 Å². The van der Waals surface area contributed by atoms with Crippen molar-refractivity contribution in [3.63, 3.8) is 0 Å². The van der Waals surface area contributed by atoms with Crippen molar-refractivity contribution in [3.05, 3.63) is 85.6 Å². The third kappa shape index (κ3) is 11.7. The summed E-state index contributed by atoms with van der Waals surface area (Å²) in [6, 6.07) is 0. The van der Waals surface area contributed by atoms with Crippen molar-refractivity contribution >= 4 is 0 Å². The van der Waals surface area contributed by atoms with Gasteiger partial charge in [0.15, 0.2) is 0 Å². The SMILES string of the molecule is C=CC(=C)/C=C\C(=C)C(=C)/C=C\C(=C)C(C)CCC(C)CC.CC. The minimum atomic E-state index is 0.502. The molecule has 134 valence electrons. The summed E-state index contributed by atoms with van der Waals surface area (Å²) in [5, 5.41) is 0. The molecule has 2 atom stereocenters. The lowest BCUT2D eigenvalue weighted by molar-refractivity contribution is 0.454. The highest BCUT2D eigenvalue weighted by atomic mass is 14.1. The zero-order valence-electron chi connectivity index (χ0n) is 16.7. The highest BCUT2D eigenvalue weighted by Gasteiger charge is 2.07. The van der Waals surface area contributed by atoms with Crippen molar-refractivity contribution in [3.8, 4) is 0 Å². The van der Waals surface area contributed by atoms with Gasteiger partial charge < -0.3 is 0 Å². The van der Waals surface area contributed by atoms with Gasteiger partial charge in [0, 0.05) is 0 Å². The third-order valence-electron chi connectivity index (χ3n) is 4.09. The van der Waals surface area contributed by atoms with E-state index in [2.05, 4.69) is 59.7 Å². The Morgan fingerprint density at radius 2 is 1.33 bits per heavy atom. The molecule has 0 fully saturated rings. The Kier molecular flexibility index (Phi) is 15.0. The fourth-order valence-corrected chi connectivity index (χ4v) is 1.79. The van der Waals surface area contributed by atoms with Crippen molar-refractivity contribution in [2.45, 2.75) is 53.9 Å². The van der Waals surface area contributed by atoms with Gasteiger partial charge in [-0.1, -0.05) is 116 Å². The minimum Gasteiger partial charge on any atom is -0.0985 e. The maximum Gasteiger partial charge on any atom is -0.0196 e. The Morgan fingerprint density at radius 1 is 0.833 bits per heavy atom. The molecule has 0 aromatic carbocycles. The first kappa shape index (κ1) is 24.4. The average Bonchev–Trinajstić information content (AvgIpc) is 2.62. The van der Waals surface area contributed by atoms with Gasteiger partial charge in [-0.25, -0.2) is 0 Å². The summed E-state index contributed by atoms with van der Waals surface area (Å²) in [4.78, 5) is 0. The number of allylic oxidation sites excluding steroid dienone is 9. The van der Waals surface area contributed by atoms with Gasteiger partial charge >= 0.3 is 0 Å². The largest absolute Gasteiger partial charge is 0.0985 e.